The standard InChI is InChI=1S/C14H20N4S/c1-9(7-12-6-5-10(2)19-12)18-14-11(3)13(15-4)16-8-17-14/h5-6,8-9H,7H2,1-4H3,(H2,15,16,17,18). The van der Waals surface area contributed by atoms with Crippen molar-refractivity contribution in [1.29, 1.82) is 0 Å². The summed E-state index contributed by atoms with van der Waals surface area (Å²) in [6.45, 7) is 6.34. The second kappa shape index (κ2) is 6.02. The SMILES string of the molecule is CNc1ncnc(NC(C)Cc2ccc(C)s2)c1C. The molecule has 1 atom stereocenters. The summed E-state index contributed by atoms with van der Waals surface area (Å²) in [5, 5.41) is 6.53. The van der Waals surface area contributed by atoms with Crippen LogP contribution in [0, 0.1) is 13.8 Å². The topological polar surface area (TPSA) is 49.8 Å². The van der Waals surface area contributed by atoms with Crippen LogP contribution in [0.2, 0.25) is 0 Å². The summed E-state index contributed by atoms with van der Waals surface area (Å²) in [5.74, 6) is 1.77. The lowest BCUT2D eigenvalue weighted by atomic mass is 10.2. The molecular weight excluding hydrogens is 256 g/mol. The van der Waals surface area contributed by atoms with Gasteiger partial charge in [0, 0.05) is 34.8 Å². The molecule has 0 radical (unpaired) electrons. The van der Waals surface area contributed by atoms with Crippen LogP contribution in [0.5, 0.6) is 0 Å². The molecule has 0 aliphatic heterocycles. The molecule has 0 spiro atoms. The van der Waals surface area contributed by atoms with Crippen LogP contribution in [0.4, 0.5) is 11.6 Å². The van der Waals surface area contributed by atoms with Gasteiger partial charge in [0.2, 0.25) is 0 Å². The van der Waals surface area contributed by atoms with E-state index in [1.807, 2.05) is 25.3 Å². The molecule has 2 aromatic heterocycles. The monoisotopic (exact) mass is 276 g/mol. The van der Waals surface area contributed by atoms with Gasteiger partial charge in [0.1, 0.15) is 18.0 Å². The molecule has 19 heavy (non-hydrogen) atoms. The van der Waals surface area contributed by atoms with Crippen LogP contribution in [0.15, 0.2) is 18.5 Å². The Balaban J connectivity index is 2.04. The van der Waals surface area contributed by atoms with Gasteiger partial charge < -0.3 is 10.6 Å². The normalized spacial score (nSPS) is 12.2. The summed E-state index contributed by atoms with van der Waals surface area (Å²) in [7, 11) is 1.87. The summed E-state index contributed by atoms with van der Waals surface area (Å²) >= 11 is 1.85. The van der Waals surface area contributed by atoms with Crippen molar-refractivity contribution in [1.82, 2.24) is 9.97 Å². The Morgan fingerprint density at radius 3 is 2.58 bits per heavy atom. The first-order valence-electron chi connectivity index (χ1n) is 6.41. The van der Waals surface area contributed by atoms with Crippen molar-refractivity contribution in [2.75, 3.05) is 17.7 Å². The fourth-order valence-corrected chi connectivity index (χ4v) is 3.05. The lowest BCUT2D eigenvalue weighted by Gasteiger charge is -2.16. The Hall–Kier alpha value is -1.62. The van der Waals surface area contributed by atoms with Crippen molar-refractivity contribution < 1.29 is 0 Å². The zero-order valence-corrected chi connectivity index (χ0v) is 12.6. The van der Waals surface area contributed by atoms with E-state index in [1.54, 1.807) is 6.33 Å². The molecule has 102 valence electrons. The Bertz CT molecular complexity index is 550. The van der Waals surface area contributed by atoms with Gasteiger partial charge in [-0.2, -0.15) is 0 Å². The molecule has 0 saturated heterocycles. The highest BCUT2D eigenvalue weighted by atomic mass is 32.1. The Morgan fingerprint density at radius 1 is 1.21 bits per heavy atom. The summed E-state index contributed by atoms with van der Waals surface area (Å²) in [5.41, 5.74) is 1.05. The first kappa shape index (κ1) is 13.8. The average Bonchev–Trinajstić information content (AvgIpc) is 2.77. The minimum Gasteiger partial charge on any atom is -0.373 e. The van der Waals surface area contributed by atoms with E-state index in [0.29, 0.717) is 6.04 Å². The molecular formula is C14H20N4S. The Labute approximate surface area is 118 Å². The first-order valence-corrected chi connectivity index (χ1v) is 7.23. The third-order valence-electron chi connectivity index (χ3n) is 3.01. The molecule has 0 aliphatic rings. The van der Waals surface area contributed by atoms with Gasteiger partial charge in [-0.15, -0.1) is 11.3 Å². The van der Waals surface area contributed by atoms with E-state index in [4.69, 9.17) is 0 Å². The number of hydrogen-bond donors (Lipinski definition) is 2. The van der Waals surface area contributed by atoms with E-state index in [2.05, 4.69) is 46.6 Å². The molecule has 0 bridgehead atoms. The molecule has 2 aromatic rings. The number of nitrogens with one attached hydrogen (secondary N) is 2. The minimum atomic E-state index is 0.344. The van der Waals surface area contributed by atoms with E-state index in [-0.39, 0.29) is 0 Å². The Kier molecular flexibility index (Phi) is 4.37. The number of nitrogens with zero attached hydrogens (tertiary/aromatic N) is 2. The highest BCUT2D eigenvalue weighted by molar-refractivity contribution is 7.11. The summed E-state index contributed by atoms with van der Waals surface area (Å²) < 4.78 is 0. The fourth-order valence-electron chi connectivity index (χ4n) is 2.03. The summed E-state index contributed by atoms with van der Waals surface area (Å²) in [4.78, 5) is 11.3. The van der Waals surface area contributed by atoms with Gasteiger partial charge in [-0.05, 0) is 32.9 Å². The van der Waals surface area contributed by atoms with Gasteiger partial charge in [0.05, 0.1) is 0 Å². The van der Waals surface area contributed by atoms with Gasteiger partial charge in [-0.3, -0.25) is 0 Å². The molecule has 4 nitrogen and oxygen atoms in total. The van der Waals surface area contributed by atoms with E-state index >= 15 is 0 Å². The van der Waals surface area contributed by atoms with Crippen LogP contribution in [-0.2, 0) is 6.42 Å². The zero-order chi connectivity index (χ0) is 13.8. The summed E-state index contributed by atoms with van der Waals surface area (Å²) in [6.07, 6.45) is 2.60. The number of anilines is 2. The van der Waals surface area contributed by atoms with Crippen LogP contribution in [0.25, 0.3) is 0 Å². The predicted octanol–water partition coefficient (Wildman–Crippen LogP) is 3.24. The van der Waals surface area contributed by atoms with Gasteiger partial charge in [0.25, 0.3) is 0 Å². The van der Waals surface area contributed by atoms with Crippen molar-refractivity contribution in [2.24, 2.45) is 0 Å². The van der Waals surface area contributed by atoms with Crippen molar-refractivity contribution in [2.45, 2.75) is 33.2 Å². The predicted molar refractivity (Wildman–Crippen MR) is 82.2 cm³/mol. The molecule has 5 heteroatoms. The molecule has 2 rings (SSSR count). The largest absolute Gasteiger partial charge is 0.373 e. The van der Waals surface area contributed by atoms with Crippen molar-refractivity contribution in [3.63, 3.8) is 0 Å². The second-order valence-electron chi connectivity index (χ2n) is 4.71. The van der Waals surface area contributed by atoms with E-state index in [1.165, 1.54) is 9.75 Å². The number of hydrogen-bond acceptors (Lipinski definition) is 5. The van der Waals surface area contributed by atoms with E-state index in [9.17, 15) is 0 Å². The molecule has 2 heterocycles. The molecule has 1 unspecified atom stereocenters. The number of aryl methyl sites for hydroxylation is 1. The molecule has 0 aromatic carbocycles. The van der Waals surface area contributed by atoms with Crippen molar-refractivity contribution >= 4 is 23.0 Å². The molecule has 0 fully saturated rings. The minimum absolute atomic E-state index is 0.344. The molecule has 2 N–H and O–H groups in total. The number of thiophene rings is 1. The van der Waals surface area contributed by atoms with E-state index in [0.717, 1.165) is 23.6 Å². The van der Waals surface area contributed by atoms with Crippen LogP contribution >= 0.6 is 11.3 Å². The maximum absolute atomic E-state index is 4.31. The van der Waals surface area contributed by atoms with Gasteiger partial charge >= 0.3 is 0 Å². The van der Waals surface area contributed by atoms with Gasteiger partial charge in [-0.1, -0.05) is 0 Å². The molecule has 0 aliphatic carbocycles. The molecule has 0 saturated carbocycles. The first-order chi connectivity index (χ1) is 9.10. The van der Waals surface area contributed by atoms with Crippen LogP contribution in [-0.4, -0.2) is 23.1 Å². The lowest BCUT2D eigenvalue weighted by molar-refractivity contribution is 0.791. The quantitative estimate of drug-likeness (QED) is 0.880. The van der Waals surface area contributed by atoms with Crippen molar-refractivity contribution in [3.05, 3.63) is 33.8 Å². The highest BCUT2D eigenvalue weighted by Crippen LogP contribution is 2.21. The smallest absolute Gasteiger partial charge is 0.134 e. The third-order valence-corrected chi connectivity index (χ3v) is 4.03. The summed E-state index contributed by atoms with van der Waals surface area (Å²) in [6, 6.07) is 4.71. The van der Waals surface area contributed by atoms with Crippen LogP contribution in [0.3, 0.4) is 0 Å². The third kappa shape index (κ3) is 3.44. The zero-order valence-electron chi connectivity index (χ0n) is 11.8. The highest BCUT2D eigenvalue weighted by Gasteiger charge is 2.10. The average molecular weight is 276 g/mol. The second-order valence-corrected chi connectivity index (χ2v) is 6.08. The fraction of sp³-hybridized carbons (Fsp3) is 0.429. The lowest BCUT2D eigenvalue weighted by Crippen LogP contribution is -2.19. The number of aromatic nitrogens is 2. The van der Waals surface area contributed by atoms with Crippen molar-refractivity contribution in [3.8, 4) is 0 Å². The number of rotatable bonds is 5. The van der Waals surface area contributed by atoms with Crippen LogP contribution < -0.4 is 10.6 Å². The van der Waals surface area contributed by atoms with E-state index < -0.39 is 0 Å². The maximum Gasteiger partial charge on any atom is 0.134 e. The Morgan fingerprint density at radius 2 is 1.95 bits per heavy atom. The molecule has 0 amide bonds. The van der Waals surface area contributed by atoms with Gasteiger partial charge in [-0.25, -0.2) is 9.97 Å². The van der Waals surface area contributed by atoms with Crippen LogP contribution in [0.1, 0.15) is 22.2 Å². The maximum atomic E-state index is 4.31. The van der Waals surface area contributed by atoms with Gasteiger partial charge in [0.15, 0.2) is 0 Å².